The molecule has 0 spiro atoms. The van der Waals surface area contributed by atoms with Gasteiger partial charge in [-0.3, -0.25) is 14.9 Å². The second-order valence-corrected chi connectivity index (χ2v) is 4.36. The van der Waals surface area contributed by atoms with Crippen LogP contribution in [0.2, 0.25) is 0 Å². The molecule has 6 heteroatoms. The first kappa shape index (κ1) is 12.5. The quantitative estimate of drug-likeness (QED) is 0.627. The average Bonchev–Trinajstić information content (AvgIpc) is 2.38. The Bertz CT molecular complexity index is 458. The fourth-order valence-electron chi connectivity index (χ4n) is 2.03. The van der Waals surface area contributed by atoms with Gasteiger partial charge in [-0.1, -0.05) is 0 Å². The van der Waals surface area contributed by atoms with Crippen molar-refractivity contribution in [3.05, 3.63) is 39.9 Å². The summed E-state index contributed by atoms with van der Waals surface area (Å²) >= 11 is 0. The van der Waals surface area contributed by atoms with Gasteiger partial charge < -0.3 is 10.2 Å². The van der Waals surface area contributed by atoms with Gasteiger partial charge >= 0.3 is 0 Å². The second kappa shape index (κ2) is 5.14. The number of nitrogens with one attached hydrogen (secondary N) is 1. The molecule has 1 aromatic rings. The minimum atomic E-state index is -0.471. The standard InChI is InChI=1S/C12H15N3O3/c1-9-8-13-6-7-14(9)12(16)10-2-4-11(5-3-10)15(17)18/h2-5,9,13H,6-8H2,1H3. The number of benzene rings is 1. The average molecular weight is 249 g/mol. The first-order valence-corrected chi connectivity index (χ1v) is 5.85. The summed E-state index contributed by atoms with van der Waals surface area (Å²) in [6.07, 6.45) is 0. The van der Waals surface area contributed by atoms with Crippen molar-refractivity contribution in [2.24, 2.45) is 0 Å². The Balaban J connectivity index is 2.15. The van der Waals surface area contributed by atoms with Gasteiger partial charge in [-0.25, -0.2) is 0 Å². The highest BCUT2D eigenvalue weighted by molar-refractivity contribution is 5.94. The highest BCUT2D eigenvalue weighted by atomic mass is 16.6. The smallest absolute Gasteiger partial charge is 0.269 e. The van der Waals surface area contributed by atoms with Crippen LogP contribution in [0.4, 0.5) is 5.69 Å². The lowest BCUT2D eigenvalue weighted by Crippen LogP contribution is -2.52. The van der Waals surface area contributed by atoms with Gasteiger partial charge in [0.25, 0.3) is 11.6 Å². The van der Waals surface area contributed by atoms with Crippen molar-refractivity contribution in [2.45, 2.75) is 13.0 Å². The Morgan fingerprint density at radius 3 is 2.67 bits per heavy atom. The number of nitro groups is 1. The molecule has 1 heterocycles. The first-order valence-electron chi connectivity index (χ1n) is 5.85. The minimum Gasteiger partial charge on any atom is -0.333 e. The third-order valence-corrected chi connectivity index (χ3v) is 3.09. The van der Waals surface area contributed by atoms with Crippen LogP contribution in [0.15, 0.2) is 24.3 Å². The number of nitrogens with zero attached hydrogens (tertiary/aromatic N) is 2. The maximum absolute atomic E-state index is 12.2. The van der Waals surface area contributed by atoms with Crippen LogP contribution in [0.3, 0.4) is 0 Å². The Labute approximate surface area is 105 Å². The summed E-state index contributed by atoms with van der Waals surface area (Å²) in [4.78, 5) is 24.1. The van der Waals surface area contributed by atoms with Gasteiger partial charge in [-0.15, -0.1) is 0 Å². The zero-order chi connectivity index (χ0) is 13.1. The Morgan fingerprint density at radius 1 is 1.44 bits per heavy atom. The van der Waals surface area contributed by atoms with Crippen LogP contribution in [0.25, 0.3) is 0 Å². The lowest BCUT2D eigenvalue weighted by molar-refractivity contribution is -0.384. The van der Waals surface area contributed by atoms with E-state index in [-0.39, 0.29) is 17.6 Å². The SMILES string of the molecule is CC1CNCCN1C(=O)c1ccc([N+](=O)[O-])cc1. The first-order chi connectivity index (χ1) is 8.59. The summed E-state index contributed by atoms with van der Waals surface area (Å²) in [6, 6.07) is 5.88. The van der Waals surface area contributed by atoms with E-state index in [1.54, 1.807) is 4.90 Å². The van der Waals surface area contributed by atoms with E-state index in [9.17, 15) is 14.9 Å². The summed E-state index contributed by atoms with van der Waals surface area (Å²) in [7, 11) is 0. The molecule has 0 bridgehead atoms. The molecule has 2 rings (SSSR count). The van der Waals surface area contributed by atoms with Gasteiger partial charge in [-0.2, -0.15) is 0 Å². The topological polar surface area (TPSA) is 75.5 Å². The van der Waals surface area contributed by atoms with Crippen LogP contribution in [-0.2, 0) is 0 Å². The molecule has 1 amide bonds. The lowest BCUT2D eigenvalue weighted by Gasteiger charge is -2.34. The van der Waals surface area contributed by atoms with Crippen molar-refractivity contribution >= 4 is 11.6 Å². The predicted molar refractivity (Wildman–Crippen MR) is 66.5 cm³/mol. The summed E-state index contributed by atoms with van der Waals surface area (Å²) in [5.74, 6) is -0.0705. The zero-order valence-corrected chi connectivity index (χ0v) is 10.1. The normalized spacial score (nSPS) is 19.6. The highest BCUT2D eigenvalue weighted by Gasteiger charge is 2.24. The molecule has 0 aromatic heterocycles. The predicted octanol–water partition coefficient (Wildman–Crippen LogP) is 1.03. The molecule has 1 aliphatic rings. The number of nitro benzene ring substituents is 1. The second-order valence-electron chi connectivity index (χ2n) is 4.36. The molecule has 1 aliphatic heterocycles. The molecule has 1 saturated heterocycles. The molecular weight excluding hydrogens is 234 g/mol. The third-order valence-electron chi connectivity index (χ3n) is 3.09. The fraction of sp³-hybridized carbons (Fsp3) is 0.417. The number of non-ortho nitro benzene ring substituents is 1. The molecule has 1 N–H and O–H groups in total. The van der Waals surface area contributed by atoms with E-state index in [2.05, 4.69) is 5.32 Å². The lowest BCUT2D eigenvalue weighted by atomic mass is 10.1. The van der Waals surface area contributed by atoms with Crippen molar-refractivity contribution in [3.8, 4) is 0 Å². The van der Waals surface area contributed by atoms with Crippen LogP contribution in [0, 0.1) is 10.1 Å². The molecule has 1 fully saturated rings. The number of carbonyl (C=O) groups is 1. The maximum Gasteiger partial charge on any atom is 0.269 e. The fourth-order valence-corrected chi connectivity index (χ4v) is 2.03. The number of carbonyl (C=O) groups excluding carboxylic acids is 1. The molecule has 1 aromatic carbocycles. The van der Waals surface area contributed by atoms with Gasteiger partial charge in [0.2, 0.25) is 0 Å². The summed E-state index contributed by atoms with van der Waals surface area (Å²) in [6.45, 7) is 4.20. The zero-order valence-electron chi connectivity index (χ0n) is 10.1. The van der Waals surface area contributed by atoms with E-state index in [1.807, 2.05) is 6.92 Å². The molecule has 1 atom stereocenters. The van der Waals surface area contributed by atoms with Crippen LogP contribution in [-0.4, -0.2) is 41.4 Å². The Hall–Kier alpha value is -1.95. The van der Waals surface area contributed by atoms with Crippen LogP contribution < -0.4 is 5.32 Å². The Kier molecular flexibility index (Phi) is 3.57. The highest BCUT2D eigenvalue weighted by Crippen LogP contribution is 2.15. The minimum absolute atomic E-state index is 0.0000840. The van der Waals surface area contributed by atoms with Crippen molar-refractivity contribution in [1.82, 2.24) is 10.2 Å². The molecule has 6 nitrogen and oxygen atoms in total. The van der Waals surface area contributed by atoms with E-state index in [1.165, 1.54) is 24.3 Å². The van der Waals surface area contributed by atoms with E-state index < -0.39 is 4.92 Å². The van der Waals surface area contributed by atoms with E-state index >= 15 is 0 Å². The molecule has 96 valence electrons. The van der Waals surface area contributed by atoms with E-state index in [0.29, 0.717) is 12.1 Å². The van der Waals surface area contributed by atoms with Gasteiger partial charge in [0.05, 0.1) is 4.92 Å². The molecule has 1 unspecified atom stereocenters. The van der Waals surface area contributed by atoms with Gasteiger partial charge in [0, 0.05) is 43.4 Å². The van der Waals surface area contributed by atoms with Crippen molar-refractivity contribution in [3.63, 3.8) is 0 Å². The third kappa shape index (κ3) is 2.48. The molecular formula is C12H15N3O3. The largest absolute Gasteiger partial charge is 0.333 e. The molecule has 18 heavy (non-hydrogen) atoms. The number of hydrogen-bond acceptors (Lipinski definition) is 4. The molecule has 0 radical (unpaired) electrons. The monoisotopic (exact) mass is 249 g/mol. The van der Waals surface area contributed by atoms with E-state index in [0.717, 1.165) is 13.1 Å². The summed E-state index contributed by atoms with van der Waals surface area (Å²) in [5.41, 5.74) is 0.495. The van der Waals surface area contributed by atoms with Gasteiger partial charge in [0.1, 0.15) is 0 Å². The van der Waals surface area contributed by atoms with Gasteiger partial charge in [0.15, 0.2) is 0 Å². The molecule has 0 aliphatic carbocycles. The van der Waals surface area contributed by atoms with E-state index in [4.69, 9.17) is 0 Å². The number of amides is 1. The Morgan fingerprint density at radius 2 is 2.11 bits per heavy atom. The molecule has 0 saturated carbocycles. The van der Waals surface area contributed by atoms with Crippen LogP contribution >= 0.6 is 0 Å². The van der Waals surface area contributed by atoms with Crippen LogP contribution in [0.1, 0.15) is 17.3 Å². The van der Waals surface area contributed by atoms with Crippen molar-refractivity contribution in [2.75, 3.05) is 19.6 Å². The number of hydrogen-bond donors (Lipinski definition) is 1. The maximum atomic E-state index is 12.2. The summed E-state index contributed by atoms with van der Waals surface area (Å²) < 4.78 is 0. The van der Waals surface area contributed by atoms with Crippen molar-refractivity contribution in [1.29, 1.82) is 0 Å². The van der Waals surface area contributed by atoms with Crippen LogP contribution in [0.5, 0.6) is 0 Å². The summed E-state index contributed by atoms with van der Waals surface area (Å²) in [5, 5.41) is 13.7. The van der Waals surface area contributed by atoms with Crippen molar-refractivity contribution < 1.29 is 9.72 Å². The van der Waals surface area contributed by atoms with Gasteiger partial charge in [-0.05, 0) is 19.1 Å². The number of piperazine rings is 1. The number of rotatable bonds is 2.